The van der Waals surface area contributed by atoms with Crippen LogP contribution in [0.5, 0.6) is 0 Å². The number of hydrogen-bond donors (Lipinski definition) is 0. The Hall–Kier alpha value is -1.82. The van der Waals surface area contributed by atoms with Crippen molar-refractivity contribution in [3.63, 3.8) is 0 Å². The Labute approximate surface area is 214 Å². The SMILES string of the molecule is Cl.O=C(c1cc([N+](=O)[O-])ccc1Cl)N(CCCN1CCOCC1)c1nc2ccc(Br)cc2s1. The lowest BCUT2D eigenvalue weighted by Crippen LogP contribution is -2.39. The number of ether oxygens (including phenoxy) is 1. The number of amides is 1. The highest BCUT2D eigenvalue weighted by Gasteiger charge is 2.25. The Kier molecular flexibility index (Phi) is 9.02. The maximum atomic E-state index is 13.5. The van der Waals surface area contributed by atoms with Crippen molar-refractivity contribution in [2.75, 3.05) is 44.3 Å². The maximum absolute atomic E-state index is 13.5. The number of aromatic nitrogens is 1. The molecule has 1 saturated heterocycles. The number of anilines is 1. The van der Waals surface area contributed by atoms with E-state index in [4.69, 9.17) is 16.3 Å². The van der Waals surface area contributed by atoms with Crippen LogP contribution in [0.2, 0.25) is 5.02 Å². The summed E-state index contributed by atoms with van der Waals surface area (Å²) in [6.45, 7) is 4.36. The minimum atomic E-state index is -0.537. The molecule has 0 bridgehead atoms. The van der Waals surface area contributed by atoms with E-state index >= 15 is 0 Å². The molecule has 3 aromatic rings. The van der Waals surface area contributed by atoms with Gasteiger partial charge < -0.3 is 4.74 Å². The summed E-state index contributed by atoms with van der Waals surface area (Å²) in [5.41, 5.74) is 0.691. The first-order valence-electron chi connectivity index (χ1n) is 10.0. The summed E-state index contributed by atoms with van der Waals surface area (Å²) in [7, 11) is 0. The number of thiazole rings is 1. The van der Waals surface area contributed by atoms with Gasteiger partial charge in [0.2, 0.25) is 0 Å². The van der Waals surface area contributed by atoms with E-state index in [9.17, 15) is 14.9 Å². The second kappa shape index (κ2) is 11.5. The van der Waals surface area contributed by atoms with Crippen molar-refractivity contribution in [1.29, 1.82) is 0 Å². The van der Waals surface area contributed by atoms with Crippen LogP contribution in [-0.2, 0) is 4.74 Å². The third-order valence-corrected chi connectivity index (χ3v) is 7.03. The van der Waals surface area contributed by atoms with E-state index < -0.39 is 10.8 Å². The lowest BCUT2D eigenvalue weighted by atomic mass is 10.1. The number of non-ortho nitro benzene ring substituents is 1. The monoisotopic (exact) mass is 574 g/mol. The predicted octanol–water partition coefficient (Wildman–Crippen LogP) is 5.41. The average molecular weight is 576 g/mol. The van der Waals surface area contributed by atoms with Crippen LogP contribution < -0.4 is 4.90 Å². The van der Waals surface area contributed by atoms with Gasteiger partial charge in [-0.2, -0.15) is 0 Å². The van der Waals surface area contributed by atoms with Gasteiger partial charge in [0, 0.05) is 42.8 Å². The maximum Gasteiger partial charge on any atom is 0.270 e. The molecule has 176 valence electrons. The molecule has 0 spiro atoms. The zero-order valence-electron chi connectivity index (χ0n) is 17.4. The number of nitro groups is 1. The number of nitrogens with zero attached hydrogens (tertiary/aromatic N) is 4. The van der Waals surface area contributed by atoms with Crippen LogP contribution >= 0.6 is 51.3 Å². The molecule has 0 aliphatic carbocycles. The molecule has 0 saturated carbocycles. The Morgan fingerprint density at radius 1 is 1.27 bits per heavy atom. The van der Waals surface area contributed by atoms with Crippen LogP contribution in [-0.4, -0.2) is 60.1 Å². The van der Waals surface area contributed by atoms with Crippen LogP contribution in [0.15, 0.2) is 40.9 Å². The molecule has 1 aromatic heterocycles. The number of carbonyl (C=O) groups is 1. The van der Waals surface area contributed by atoms with Crippen LogP contribution in [0.1, 0.15) is 16.8 Å². The van der Waals surface area contributed by atoms with Gasteiger partial charge in [-0.15, -0.1) is 12.4 Å². The van der Waals surface area contributed by atoms with Crippen LogP contribution in [0.25, 0.3) is 10.2 Å². The minimum Gasteiger partial charge on any atom is -0.379 e. The lowest BCUT2D eigenvalue weighted by Gasteiger charge is -2.27. The second-order valence-electron chi connectivity index (χ2n) is 7.29. The molecule has 12 heteroatoms. The van der Waals surface area contributed by atoms with Crippen molar-refractivity contribution >= 4 is 78.2 Å². The van der Waals surface area contributed by atoms with E-state index in [-0.39, 0.29) is 28.7 Å². The van der Waals surface area contributed by atoms with Crippen molar-refractivity contribution in [1.82, 2.24) is 9.88 Å². The fourth-order valence-electron chi connectivity index (χ4n) is 3.50. The fourth-order valence-corrected chi connectivity index (χ4v) is 5.24. The van der Waals surface area contributed by atoms with Gasteiger partial charge in [-0.05, 0) is 30.7 Å². The van der Waals surface area contributed by atoms with E-state index in [0.717, 1.165) is 40.7 Å². The van der Waals surface area contributed by atoms with Gasteiger partial charge >= 0.3 is 0 Å². The molecule has 8 nitrogen and oxygen atoms in total. The molecular formula is C21H21BrCl2N4O4S. The van der Waals surface area contributed by atoms with E-state index in [1.807, 2.05) is 18.2 Å². The highest BCUT2D eigenvalue weighted by molar-refractivity contribution is 9.10. The third-order valence-electron chi connectivity index (χ3n) is 5.17. The molecule has 0 unspecified atom stereocenters. The summed E-state index contributed by atoms with van der Waals surface area (Å²) >= 11 is 11.1. The van der Waals surface area contributed by atoms with Gasteiger partial charge in [0.25, 0.3) is 11.6 Å². The van der Waals surface area contributed by atoms with Gasteiger partial charge in [0.1, 0.15) is 0 Å². The highest BCUT2D eigenvalue weighted by Crippen LogP contribution is 2.33. The average Bonchev–Trinajstić information content (AvgIpc) is 3.20. The van der Waals surface area contributed by atoms with Crippen LogP contribution in [0.4, 0.5) is 10.8 Å². The standard InChI is InChI=1S/C21H20BrClN4O4S.ClH/c22-14-2-5-18-19(12-14)32-21(24-18)26(7-1-6-25-8-10-31-11-9-25)20(28)16-13-15(27(29)30)3-4-17(16)23;/h2-5,12-13H,1,6-11H2;1H. The fraction of sp³-hybridized carbons (Fsp3) is 0.333. The molecule has 0 N–H and O–H groups in total. The normalized spacial score (nSPS) is 14.1. The molecule has 1 amide bonds. The van der Waals surface area contributed by atoms with Gasteiger partial charge in [0.15, 0.2) is 5.13 Å². The van der Waals surface area contributed by atoms with E-state index in [1.54, 1.807) is 4.90 Å². The molecule has 1 aliphatic heterocycles. The Bertz CT molecular complexity index is 1160. The number of nitro benzene ring substituents is 1. The first kappa shape index (κ1) is 25.8. The molecule has 0 atom stereocenters. The number of benzene rings is 2. The minimum absolute atomic E-state index is 0. The summed E-state index contributed by atoms with van der Waals surface area (Å²) in [5.74, 6) is -0.404. The largest absolute Gasteiger partial charge is 0.379 e. The summed E-state index contributed by atoms with van der Waals surface area (Å²) < 4.78 is 7.25. The molecule has 1 aliphatic rings. The second-order valence-corrected chi connectivity index (χ2v) is 9.63. The summed E-state index contributed by atoms with van der Waals surface area (Å²) in [6.07, 6.45) is 0.720. The van der Waals surface area contributed by atoms with Crippen molar-refractivity contribution in [3.8, 4) is 0 Å². The Morgan fingerprint density at radius 3 is 2.76 bits per heavy atom. The summed E-state index contributed by atoms with van der Waals surface area (Å²) in [6, 6.07) is 9.63. The number of hydrogen-bond acceptors (Lipinski definition) is 7. The number of halogens is 3. The van der Waals surface area contributed by atoms with Crippen molar-refractivity contribution < 1.29 is 14.5 Å². The number of morpholine rings is 1. The van der Waals surface area contributed by atoms with Crippen molar-refractivity contribution in [3.05, 3.63) is 61.6 Å². The molecule has 33 heavy (non-hydrogen) atoms. The number of fused-ring (bicyclic) bond motifs is 1. The van der Waals surface area contributed by atoms with Crippen molar-refractivity contribution in [2.24, 2.45) is 0 Å². The smallest absolute Gasteiger partial charge is 0.270 e. The topological polar surface area (TPSA) is 88.8 Å². The number of rotatable bonds is 7. The van der Waals surface area contributed by atoms with Crippen LogP contribution in [0.3, 0.4) is 0 Å². The third kappa shape index (κ3) is 6.20. The molecule has 2 heterocycles. The van der Waals surface area contributed by atoms with Gasteiger partial charge in [-0.1, -0.05) is 38.9 Å². The quantitative estimate of drug-likeness (QED) is 0.276. The molecular weight excluding hydrogens is 555 g/mol. The first-order chi connectivity index (χ1) is 15.4. The zero-order valence-corrected chi connectivity index (χ0v) is 21.4. The van der Waals surface area contributed by atoms with E-state index in [0.29, 0.717) is 24.9 Å². The van der Waals surface area contributed by atoms with E-state index in [2.05, 4.69) is 25.8 Å². The highest BCUT2D eigenvalue weighted by atomic mass is 79.9. The summed E-state index contributed by atoms with van der Waals surface area (Å²) in [4.78, 5) is 32.7. The van der Waals surface area contributed by atoms with E-state index in [1.165, 1.54) is 29.5 Å². The Balaban J connectivity index is 0.00000306. The predicted molar refractivity (Wildman–Crippen MR) is 136 cm³/mol. The van der Waals surface area contributed by atoms with Gasteiger partial charge in [-0.25, -0.2) is 4.98 Å². The van der Waals surface area contributed by atoms with Crippen LogP contribution in [0, 0.1) is 10.1 Å². The summed E-state index contributed by atoms with van der Waals surface area (Å²) in [5, 5.41) is 11.9. The zero-order chi connectivity index (χ0) is 22.7. The molecule has 2 aromatic carbocycles. The molecule has 1 fully saturated rings. The molecule has 4 rings (SSSR count). The lowest BCUT2D eigenvalue weighted by molar-refractivity contribution is -0.384. The Morgan fingerprint density at radius 2 is 2.03 bits per heavy atom. The number of carbonyl (C=O) groups excluding carboxylic acids is 1. The molecule has 0 radical (unpaired) electrons. The van der Waals surface area contributed by atoms with Gasteiger partial charge in [-0.3, -0.25) is 24.7 Å². The first-order valence-corrected chi connectivity index (χ1v) is 12.0. The van der Waals surface area contributed by atoms with Crippen molar-refractivity contribution in [2.45, 2.75) is 6.42 Å². The van der Waals surface area contributed by atoms with Gasteiger partial charge in [0.05, 0.1) is 38.9 Å².